The minimum atomic E-state index is 0.738. The molecule has 0 aliphatic heterocycles. The summed E-state index contributed by atoms with van der Waals surface area (Å²) in [6, 6.07) is 7.73. The van der Waals surface area contributed by atoms with Gasteiger partial charge in [-0.3, -0.25) is 4.98 Å². The Hall–Kier alpha value is -2.08. The minimum Gasteiger partial charge on any atom is -0.398 e. The van der Waals surface area contributed by atoms with E-state index < -0.39 is 0 Å². The van der Waals surface area contributed by atoms with Gasteiger partial charge in [0, 0.05) is 29.2 Å². The fourth-order valence-corrected chi connectivity index (χ4v) is 2.77. The molecule has 0 aliphatic carbocycles. The van der Waals surface area contributed by atoms with Crippen molar-refractivity contribution in [2.45, 2.75) is 17.0 Å². The third kappa shape index (κ3) is 2.04. The van der Waals surface area contributed by atoms with E-state index in [4.69, 9.17) is 5.73 Å². The predicted octanol–water partition coefficient (Wildman–Crippen LogP) is 2.41. The maximum absolute atomic E-state index is 5.97. The second-order valence-corrected chi connectivity index (χ2v) is 5.25. The Morgan fingerprint density at radius 1 is 1.21 bits per heavy atom. The van der Waals surface area contributed by atoms with Crippen LogP contribution >= 0.6 is 11.8 Å². The molecule has 0 atom stereocenters. The Balaban J connectivity index is 2.11. The van der Waals surface area contributed by atoms with Crippen molar-refractivity contribution in [3.05, 3.63) is 36.3 Å². The van der Waals surface area contributed by atoms with E-state index in [1.165, 1.54) is 0 Å². The van der Waals surface area contributed by atoms with Crippen LogP contribution in [0.1, 0.15) is 5.82 Å². The first-order valence-corrected chi connectivity index (χ1v) is 6.65. The van der Waals surface area contributed by atoms with Crippen molar-refractivity contribution < 1.29 is 0 Å². The molecule has 1 aromatic carbocycles. The molecule has 96 valence electrons. The number of aromatic nitrogens is 4. The molecule has 0 fully saturated rings. The second kappa shape index (κ2) is 4.55. The summed E-state index contributed by atoms with van der Waals surface area (Å²) in [6.07, 6.45) is 1.77. The highest BCUT2D eigenvalue weighted by atomic mass is 32.2. The number of fused-ring (bicyclic) bond motifs is 1. The predicted molar refractivity (Wildman–Crippen MR) is 76.0 cm³/mol. The topological polar surface area (TPSA) is 69.6 Å². The summed E-state index contributed by atoms with van der Waals surface area (Å²) in [5.41, 5.74) is 7.60. The number of hydrogen-bond acceptors (Lipinski definition) is 5. The number of nitrogen functional groups attached to an aromatic ring is 1. The van der Waals surface area contributed by atoms with E-state index >= 15 is 0 Å². The molecule has 0 saturated heterocycles. The Kier molecular flexibility index (Phi) is 2.87. The van der Waals surface area contributed by atoms with Crippen LogP contribution in [0, 0.1) is 6.92 Å². The molecular formula is C13H13N5S. The molecule has 2 aromatic heterocycles. The van der Waals surface area contributed by atoms with Gasteiger partial charge in [-0.15, -0.1) is 10.2 Å². The molecule has 5 nitrogen and oxygen atoms in total. The Bertz CT molecular complexity index is 750. The molecule has 6 heteroatoms. The highest BCUT2D eigenvalue weighted by Gasteiger charge is 2.11. The number of anilines is 1. The van der Waals surface area contributed by atoms with Crippen molar-refractivity contribution in [2.24, 2.45) is 7.05 Å². The van der Waals surface area contributed by atoms with Gasteiger partial charge in [-0.05, 0) is 43.0 Å². The fourth-order valence-electron chi connectivity index (χ4n) is 1.83. The molecule has 3 aromatic rings. The number of nitrogens with two attached hydrogens (primary N) is 1. The molecule has 2 N–H and O–H groups in total. The lowest BCUT2D eigenvalue weighted by molar-refractivity contribution is 0.766. The van der Waals surface area contributed by atoms with Crippen LogP contribution in [-0.2, 0) is 7.05 Å². The van der Waals surface area contributed by atoms with E-state index in [-0.39, 0.29) is 0 Å². The number of nitrogens with zero attached hydrogens (tertiary/aromatic N) is 4. The van der Waals surface area contributed by atoms with E-state index in [1.54, 1.807) is 18.0 Å². The average Bonchev–Trinajstić information content (AvgIpc) is 2.74. The van der Waals surface area contributed by atoms with Crippen molar-refractivity contribution >= 4 is 28.4 Å². The molecule has 0 spiro atoms. The third-order valence-electron chi connectivity index (χ3n) is 3.02. The van der Waals surface area contributed by atoms with E-state index in [0.29, 0.717) is 0 Å². The monoisotopic (exact) mass is 271 g/mol. The largest absolute Gasteiger partial charge is 0.398 e. The maximum Gasteiger partial charge on any atom is 0.195 e. The average molecular weight is 271 g/mol. The van der Waals surface area contributed by atoms with Gasteiger partial charge in [0.25, 0.3) is 0 Å². The quantitative estimate of drug-likeness (QED) is 0.725. The smallest absolute Gasteiger partial charge is 0.195 e. The zero-order valence-corrected chi connectivity index (χ0v) is 11.5. The van der Waals surface area contributed by atoms with Crippen molar-refractivity contribution in [1.29, 1.82) is 0 Å². The SMILES string of the molecule is Cc1nnc(Sc2ccc(N)c3cccnc23)n1C. The molecule has 3 rings (SSSR count). The van der Waals surface area contributed by atoms with E-state index in [1.807, 2.05) is 42.8 Å². The molecule has 19 heavy (non-hydrogen) atoms. The van der Waals surface area contributed by atoms with E-state index in [2.05, 4.69) is 15.2 Å². The van der Waals surface area contributed by atoms with Gasteiger partial charge in [-0.1, -0.05) is 0 Å². The zero-order chi connectivity index (χ0) is 13.4. The highest BCUT2D eigenvalue weighted by Crippen LogP contribution is 2.33. The molecular weight excluding hydrogens is 258 g/mol. The van der Waals surface area contributed by atoms with Crippen LogP contribution in [0.25, 0.3) is 10.9 Å². The van der Waals surface area contributed by atoms with Crippen LogP contribution in [0.4, 0.5) is 5.69 Å². The summed E-state index contributed by atoms with van der Waals surface area (Å²) in [5, 5.41) is 10.0. The first-order valence-electron chi connectivity index (χ1n) is 5.84. The first-order chi connectivity index (χ1) is 9.16. The van der Waals surface area contributed by atoms with Crippen LogP contribution in [-0.4, -0.2) is 19.7 Å². The molecule has 0 amide bonds. The second-order valence-electron chi connectivity index (χ2n) is 4.24. The zero-order valence-electron chi connectivity index (χ0n) is 10.7. The van der Waals surface area contributed by atoms with Crippen molar-refractivity contribution in [3.63, 3.8) is 0 Å². The number of benzene rings is 1. The molecule has 0 aliphatic rings. The number of pyridine rings is 1. The Morgan fingerprint density at radius 3 is 2.79 bits per heavy atom. The van der Waals surface area contributed by atoms with Crippen LogP contribution in [0.15, 0.2) is 40.5 Å². The Labute approximate surface area is 114 Å². The molecule has 0 bridgehead atoms. The first kappa shape index (κ1) is 12.0. The summed E-state index contributed by atoms with van der Waals surface area (Å²) in [5.74, 6) is 0.884. The molecule has 0 saturated carbocycles. The van der Waals surface area contributed by atoms with Gasteiger partial charge in [0.2, 0.25) is 0 Å². The van der Waals surface area contributed by atoms with Crippen LogP contribution < -0.4 is 5.73 Å². The standard InChI is InChI=1S/C13H13N5S/c1-8-16-17-13(18(8)2)19-11-6-5-10(14)9-4-3-7-15-12(9)11/h3-7H,14H2,1-2H3. The van der Waals surface area contributed by atoms with Gasteiger partial charge in [-0.2, -0.15) is 0 Å². The van der Waals surface area contributed by atoms with E-state index in [9.17, 15) is 0 Å². The summed E-state index contributed by atoms with van der Waals surface area (Å²) in [4.78, 5) is 5.44. The van der Waals surface area contributed by atoms with E-state index in [0.717, 1.165) is 32.5 Å². The minimum absolute atomic E-state index is 0.738. The van der Waals surface area contributed by atoms with Crippen molar-refractivity contribution in [1.82, 2.24) is 19.7 Å². The summed E-state index contributed by atoms with van der Waals surface area (Å²) in [6.45, 7) is 1.93. The summed E-state index contributed by atoms with van der Waals surface area (Å²) >= 11 is 1.54. The van der Waals surface area contributed by atoms with Crippen LogP contribution in [0.3, 0.4) is 0 Å². The van der Waals surface area contributed by atoms with Gasteiger partial charge in [0.15, 0.2) is 5.16 Å². The van der Waals surface area contributed by atoms with Crippen LogP contribution in [0.2, 0.25) is 0 Å². The lowest BCUT2D eigenvalue weighted by Crippen LogP contribution is -1.94. The van der Waals surface area contributed by atoms with Gasteiger partial charge in [0.05, 0.1) is 5.52 Å². The molecule has 0 unspecified atom stereocenters. The lowest BCUT2D eigenvalue weighted by Gasteiger charge is -2.07. The van der Waals surface area contributed by atoms with Gasteiger partial charge < -0.3 is 10.3 Å². The fraction of sp³-hybridized carbons (Fsp3) is 0.154. The van der Waals surface area contributed by atoms with Crippen molar-refractivity contribution in [3.8, 4) is 0 Å². The maximum atomic E-state index is 5.97. The summed E-state index contributed by atoms with van der Waals surface area (Å²) in [7, 11) is 1.95. The van der Waals surface area contributed by atoms with Gasteiger partial charge >= 0.3 is 0 Å². The third-order valence-corrected chi connectivity index (χ3v) is 4.11. The van der Waals surface area contributed by atoms with Crippen LogP contribution in [0.5, 0.6) is 0 Å². The molecule has 2 heterocycles. The molecule has 0 radical (unpaired) electrons. The highest BCUT2D eigenvalue weighted by molar-refractivity contribution is 7.99. The lowest BCUT2D eigenvalue weighted by atomic mass is 10.2. The summed E-state index contributed by atoms with van der Waals surface area (Å²) < 4.78 is 1.95. The Morgan fingerprint density at radius 2 is 2.05 bits per heavy atom. The normalized spacial score (nSPS) is 11.1. The van der Waals surface area contributed by atoms with Gasteiger partial charge in [0.1, 0.15) is 5.82 Å². The number of rotatable bonds is 2. The number of aryl methyl sites for hydroxylation is 1. The number of hydrogen-bond donors (Lipinski definition) is 1. The van der Waals surface area contributed by atoms with Gasteiger partial charge in [-0.25, -0.2) is 0 Å². The van der Waals surface area contributed by atoms with Crippen molar-refractivity contribution in [2.75, 3.05) is 5.73 Å².